The molecule has 0 aliphatic rings. The monoisotopic (exact) mass is 372 g/mol. The van der Waals surface area contributed by atoms with Crippen LogP contribution in [-0.4, -0.2) is 48.2 Å². The second-order valence-electron chi connectivity index (χ2n) is 4.46. The van der Waals surface area contributed by atoms with Crippen molar-refractivity contribution in [3.05, 3.63) is 32.4 Å². The van der Waals surface area contributed by atoms with Crippen LogP contribution in [0.4, 0.5) is 11.4 Å². The summed E-state index contributed by atoms with van der Waals surface area (Å²) in [6.45, 7) is 1.92. The Hall–Kier alpha value is -3.44. The Morgan fingerprint density at radius 1 is 0.846 bits per heavy atom. The van der Waals surface area contributed by atoms with Crippen molar-refractivity contribution in [3.63, 3.8) is 0 Å². The van der Waals surface area contributed by atoms with E-state index in [0.717, 1.165) is 12.1 Å². The average Bonchev–Trinajstić information content (AvgIpc) is 2.58. The Labute approximate surface area is 146 Å². The first-order valence-corrected chi connectivity index (χ1v) is 7.34. The van der Waals surface area contributed by atoms with Gasteiger partial charge in [-0.15, -0.1) is 0 Å². The van der Waals surface area contributed by atoms with Crippen LogP contribution < -0.4 is 9.47 Å². The van der Waals surface area contributed by atoms with E-state index in [1.165, 1.54) is 0 Å². The van der Waals surface area contributed by atoms with Gasteiger partial charge in [-0.2, -0.15) is 0 Å². The van der Waals surface area contributed by atoms with Gasteiger partial charge < -0.3 is 18.9 Å². The molecule has 12 heteroatoms. The van der Waals surface area contributed by atoms with Gasteiger partial charge in [0.05, 0.1) is 23.1 Å². The summed E-state index contributed by atoms with van der Waals surface area (Å²) in [4.78, 5) is 43.0. The Bertz CT molecular complexity index is 644. The van der Waals surface area contributed by atoms with Gasteiger partial charge in [-0.25, -0.2) is 9.59 Å². The van der Waals surface area contributed by atoms with Gasteiger partial charge in [0.1, 0.15) is 0 Å². The molecule has 0 radical (unpaired) electrons. The lowest BCUT2D eigenvalue weighted by atomic mass is 10.2. The number of nitro benzene ring substituents is 2. The highest BCUT2D eigenvalue weighted by molar-refractivity contribution is 5.74. The molecular formula is C14H16N2O10. The molecule has 0 unspecified atom stereocenters. The van der Waals surface area contributed by atoms with E-state index in [1.807, 2.05) is 0 Å². The minimum absolute atomic E-state index is 0.0745. The third-order valence-corrected chi connectivity index (χ3v) is 2.74. The lowest BCUT2D eigenvalue weighted by Crippen LogP contribution is -2.16. The largest absolute Gasteiger partial charge is 0.475 e. The molecule has 0 atom stereocenters. The average molecular weight is 372 g/mol. The van der Waals surface area contributed by atoms with E-state index in [-0.39, 0.29) is 13.2 Å². The zero-order valence-electron chi connectivity index (χ0n) is 14.0. The molecule has 0 aliphatic carbocycles. The molecule has 0 aliphatic heterocycles. The summed E-state index contributed by atoms with van der Waals surface area (Å²) in [7, 11) is 0. The minimum atomic E-state index is -1.05. The van der Waals surface area contributed by atoms with Crippen molar-refractivity contribution in [3.8, 4) is 11.5 Å². The fourth-order valence-electron chi connectivity index (χ4n) is 1.81. The standard InChI is InChI=1S/C14H16N2O10/c1-3-23-11(17)7-25-9-5-6-10(26-8-12(18)24-4-2)14(16(21)22)13(9)15(19)20/h5-6H,3-4,7-8H2,1-2H3. The van der Waals surface area contributed by atoms with Crippen molar-refractivity contribution < 1.29 is 38.4 Å². The van der Waals surface area contributed by atoms with Crippen LogP contribution in [0.5, 0.6) is 11.5 Å². The molecule has 142 valence electrons. The smallest absolute Gasteiger partial charge is 0.391 e. The molecule has 26 heavy (non-hydrogen) atoms. The number of carbonyl (C=O) groups is 2. The van der Waals surface area contributed by atoms with Gasteiger partial charge in [-0.1, -0.05) is 0 Å². The third kappa shape index (κ3) is 5.58. The molecular weight excluding hydrogens is 356 g/mol. The van der Waals surface area contributed by atoms with E-state index in [2.05, 4.69) is 9.47 Å². The van der Waals surface area contributed by atoms with E-state index in [9.17, 15) is 29.8 Å². The molecule has 1 aromatic rings. The maximum absolute atomic E-state index is 11.3. The predicted molar refractivity (Wildman–Crippen MR) is 84.0 cm³/mol. The van der Waals surface area contributed by atoms with Crippen molar-refractivity contribution in [2.75, 3.05) is 26.4 Å². The summed E-state index contributed by atoms with van der Waals surface area (Å²) in [6, 6.07) is 2.04. The molecule has 0 fully saturated rings. The summed E-state index contributed by atoms with van der Waals surface area (Å²) >= 11 is 0. The van der Waals surface area contributed by atoms with Crippen LogP contribution in [0.2, 0.25) is 0 Å². The van der Waals surface area contributed by atoms with E-state index >= 15 is 0 Å². The van der Waals surface area contributed by atoms with Gasteiger partial charge >= 0.3 is 23.3 Å². The number of benzene rings is 1. The Morgan fingerprint density at radius 3 is 1.46 bits per heavy atom. The molecule has 0 N–H and O–H groups in total. The van der Waals surface area contributed by atoms with E-state index in [4.69, 9.17) is 9.47 Å². The molecule has 0 saturated heterocycles. The molecule has 12 nitrogen and oxygen atoms in total. The van der Waals surface area contributed by atoms with E-state index in [0.29, 0.717) is 0 Å². The molecule has 0 heterocycles. The summed E-state index contributed by atoms with van der Waals surface area (Å²) < 4.78 is 19.1. The summed E-state index contributed by atoms with van der Waals surface area (Å²) in [6.07, 6.45) is 0. The van der Waals surface area contributed by atoms with Gasteiger partial charge in [-0.05, 0) is 26.0 Å². The molecule has 1 aromatic carbocycles. The second-order valence-corrected chi connectivity index (χ2v) is 4.46. The highest BCUT2D eigenvalue weighted by Crippen LogP contribution is 2.43. The summed E-state index contributed by atoms with van der Waals surface area (Å²) in [5, 5.41) is 22.5. The fourth-order valence-corrected chi connectivity index (χ4v) is 1.81. The number of hydrogen-bond acceptors (Lipinski definition) is 10. The van der Waals surface area contributed by atoms with Crippen LogP contribution in [-0.2, 0) is 19.1 Å². The first-order chi connectivity index (χ1) is 12.3. The lowest BCUT2D eigenvalue weighted by Gasteiger charge is -2.10. The van der Waals surface area contributed by atoms with E-state index in [1.54, 1.807) is 13.8 Å². The summed E-state index contributed by atoms with van der Waals surface area (Å²) in [5.41, 5.74) is -2.03. The predicted octanol–water partition coefficient (Wildman–Crippen LogP) is 1.39. The number of nitrogens with zero attached hydrogens (tertiary/aromatic N) is 2. The number of ether oxygens (including phenoxy) is 4. The van der Waals surface area contributed by atoms with Gasteiger partial charge in [0.15, 0.2) is 13.2 Å². The van der Waals surface area contributed by atoms with Crippen LogP contribution in [0.25, 0.3) is 0 Å². The van der Waals surface area contributed by atoms with Crippen LogP contribution >= 0.6 is 0 Å². The van der Waals surface area contributed by atoms with Crippen molar-refractivity contribution >= 4 is 23.3 Å². The van der Waals surface area contributed by atoms with Crippen molar-refractivity contribution in [1.29, 1.82) is 0 Å². The molecule has 1 rings (SSSR count). The number of esters is 2. The van der Waals surface area contributed by atoms with Gasteiger partial charge in [0.25, 0.3) is 0 Å². The first-order valence-electron chi connectivity index (χ1n) is 7.34. The van der Waals surface area contributed by atoms with Crippen LogP contribution in [0.3, 0.4) is 0 Å². The number of rotatable bonds is 10. The molecule has 0 bridgehead atoms. The SMILES string of the molecule is CCOC(=O)COc1ccc(OCC(=O)OCC)c([N+](=O)[O-])c1[N+](=O)[O-]. The third-order valence-electron chi connectivity index (χ3n) is 2.74. The maximum atomic E-state index is 11.3. The zero-order valence-corrected chi connectivity index (χ0v) is 14.0. The molecule has 0 spiro atoms. The second kappa shape index (κ2) is 9.76. The van der Waals surface area contributed by atoms with Gasteiger partial charge in [-0.3, -0.25) is 20.2 Å². The number of hydrogen-bond donors (Lipinski definition) is 0. The van der Waals surface area contributed by atoms with E-state index < -0.39 is 57.9 Å². The highest BCUT2D eigenvalue weighted by Gasteiger charge is 2.35. The quantitative estimate of drug-likeness (QED) is 0.334. The summed E-state index contributed by atoms with van der Waals surface area (Å²) in [5.74, 6) is -2.63. The Balaban J connectivity index is 3.16. The molecule has 0 saturated carbocycles. The highest BCUT2D eigenvalue weighted by atomic mass is 16.6. The normalized spacial score (nSPS) is 9.92. The fraction of sp³-hybridized carbons (Fsp3) is 0.429. The first kappa shape index (κ1) is 20.6. The van der Waals surface area contributed by atoms with Crippen LogP contribution in [0, 0.1) is 20.2 Å². The zero-order chi connectivity index (χ0) is 19.7. The topological polar surface area (TPSA) is 157 Å². The Morgan fingerprint density at radius 2 is 1.19 bits per heavy atom. The molecule has 0 amide bonds. The lowest BCUT2D eigenvalue weighted by molar-refractivity contribution is -0.423. The number of carbonyl (C=O) groups excluding carboxylic acids is 2. The van der Waals surface area contributed by atoms with Crippen LogP contribution in [0.1, 0.15) is 13.8 Å². The van der Waals surface area contributed by atoms with Gasteiger partial charge in [0.2, 0.25) is 11.5 Å². The van der Waals surface area contributed by atoms with Crippen molar-refractivity contribution in [2.24, 2.45) is 0 Å². The maximum Gasteiger partial charge on any atom is 0.391 e. The van der Waals surface area contributed by atoms with Crippen molar-refractivity contribution in [2.45, 2.75) is 13.8 Å². The minimum Gasteiger partial charge on any atom is -0.475 e. The van der Waals surface area contributed by atoms with Gasteiger partial charge in [0, 0.05) is 0 Å². The van der Waals surface area contributed by atoms with Crippen molar-refractivity contribution in [1.82, 2.24) is 0 Å². The van der Waals surface area contributed by atoms with Crippen LogP contribution in [0.15, 0.2) is 12.1 Å². The molecule has 0 aromatic heterocycles. The number of nitro groups is 2. The Kier molecular flexibility index (Phi) is 7.73.